The molecule has 1 atom stereocenters. The summed E-state index contributed by atoms with van der Waals surface area (Å²) in [5.41, 5.74) is 0.860. The molecule has 1 aromatic carbocycles. The van der Waals surface area contributed by atoms with E-state index in [4.69, 9.17) is 9.84 Å². The smallest absolute Gasteiger partial charge is 0.326 e. The molecule has 88 valence electrons. The van der Waals surface area contributed by atoms with Gasteiger partial charge < -0.3 is 14.7 Å². The van der Waals surface area contributed by atoms with Gasteiger partial charge in [0.05, 0.1) is 6.61 Å². The van der Waals surface area contributed by atoms with Crippen molar-refractivity contribution in [1.29, 1.82) is 0 Å². The fourth-order valence-electron chi connectivity index (χ4n) is 1.33. The van der Waals surface area contributed by atoms with Crippen LogP contribution in [0.5, 0.6) is 5.75 Å². The van der Waals surface area contributed by atoms with Gasteiger partial charge in [-0.3, -0.25) is 0 Å². The van der Waals surface area contributed by atoms with Crippen LogP contribution in [0.25, 0.3) is 0 Å². The number of nitrogens with zero attached hydrogens (tertiary/aromatic N) is 1. The molecule has 1 N–H and O–H groups in total. The molecule has 0 aromatic heterocycles. The lowest BCUT2D eigenvalue weighted by atomic mass is 10.2. The number of likely N-dealkylation sites (N-methyl/N-ethyl adjacent to an activating group) is 1. The molecule has 1 aromatic rings. The maximum atomic E-state index is 10.8. The van der Waals surface area contributed by atoms with Crippen LogP contribution in [0.15, 0.2) is 24.3 Å². The maximum Gasteiger partial charge on any atom is 0.326 e. The van der Waals surface area contributed by atoms with Crippen LogP contribution in [-0.4, -0.2) is 30.8 Å². The number of hydrogen-bond donors (Lipinski definition) is 1. The fraction of sp³-hybridized carbons (Fsp3) is 0.417. The highest BCUT2D eigenvalue weighted by Crippen LogP contribution is 2.20. The molecule has 0 saturated carbocycles. The van der Waals surface area contributed by atoms with Gasteiger partial charge in [-0.1, -0.05) is 0 Å². The molecule has 0 amide bonds. The van der Waals surface area contributed by atoms with Crippen molar-refractivity contribution >= 4 is 11.7 Å². The van der Waals surface area contributed by atoms with Crippen molar-refractivity contribution in [3.8, 4) is 5.75 Å². The van der Waals surface area contributed by atoms with E-state index in [0.29, 0.717) is 6.61 Å². The quantitative estimate of drug-likeness (QED) is 0.829. The number of aliphatic carboxylic acids is 1. The summed E-state index contributed by atoms with van der Waals surface area (Å²) in [5.74, 6) is -0.0426. The second kappa shape index (κ2) is 5.39. The van der Waals surface area contributed by atoms with Crippen LogP contribution in [-0.2, 0) is 4.79 Å². The molecule has 0 radical (unpaired) electrons. The minimum atomic E-state index is -0.837. The van der Waals surface area contributed by atoms with Crippen molar-refractivity contribution in [1.82, 2.24) is 0 Å². The van der Waals surface area contributed by atoms with Crippen LogP contribution in [0.3, 0.4) is 0 Å². The highest BCUT2D eigenvalue weighted by atomic mass is 16.5. The summed E-state index contributed by atoms with van der Waals surface area (Å²) in [4.78, 5) is 12.5. The first-order chi connectivity index (χ1) is 7.56. The summed E-state index contributed by atoms with van der Waals surface area (Å²) in [7, 11) is 1.76. The molecule has 1 unspecified atom stereocenters. The summed E-state index contributed by atoms with van der Waals surface area (Å²) >= 11 is 0. The lowest BCUT2D eigenvalue weighted by Gasteiger charge is -2.23. The second-order valence-electron chi connectivity index (χ2n) is 3.55. The van der Waals surface area contributed by atoms with E-state index in [1.807, 2.05) is 31.2 Å². The molecule has 0 aliphatic rings. The molecule has 16 heavy (non-hydrogen) atoms. The Bertz CT molecular complexity index is 348. The van der Waals surface area contributed by atoms with Gasteiger partial charge in [-0.15, -0.1) is 0 Å². The van der Waals surface area contributed by atoms with E-state index in [1.54, 1.807) is 18.9 Å². The van der Waals surface area contributed by atoms with Crippen LogP contribution in [0, 0.1) is 0 Å². The van der Waals surface area contributed by atoms with E-state index >= 15 is 0 Å². The number of carboxylic acids is 1. The minimum absolute atomic E-state index is 0.544. The van der Waals surface area contributed by atoms with Gasteiger partial charge >= 0.3 is 5.97 Å². The molecule has 0 saturated heterocycles. The fourth-order valence-corrected chi connectivity index (χ4v) is 1.33. The zero-order chi connectivity index (χ0) is 12.1. The van der Waals surface area contributed by atoms with Gasteiger partial charge in [-0.2, -0.15) is 0 Å². The van der Waals surface area contributed by atoms with Crippen LogP contribution in [0.1, 0.15) is 13.8 Å². The van der Waals surface area contributed by atoms with Crippen LogP contribution < -0.4 is 9.64 Å². The van der Waals surface area contributed by atoms with Crippen molar-refractivity contribution in [2.75, 3.05) is 18.6 Å². The molecular formula is C12H17NO3. The van der Waals surface area contributed by atoms with Gasteiger partial charge in [-0.05, 0) is 38.1 Å². The Labute approximate surface area is 95.5 Å². The molecule has 0 bridgehead atoms. The number of carboxylic acid groups (broad SMARTS) is 1. The third kappa shape index (κ3) is 2.89. The van der Waals surface area contributed by atoms with Gasteiger partial charge in [0.25, 0.3) is 0 Å². The number of ether oxygens (including phenoxy) is 1. The van der Waals surface area contributed by atoms with Crippen LogP contribution >= 0.6 is 0 Å². The SMILES string of the molecule is CCOc1ccc(N(C)C(C)C(=O)O)cc1. The molecular weight excluding hydrogens is 206 g/mol. The number of benzene rings is 1. The number of carbonyl (C=O) groups is 1. The van der Waals surface area contributed by atoms with E-state index in [1.165, 1.54) is 0 Å². The van der Waals surface area contributed by atoms with Gasteiger partial charge in [0.2, 0.25) is 0 Å². The third-order valence-electron chi connectivity index (χ3n) is 2.49. The maximum absolute atomic E-state index is 10.8. The number of hydrogen-bond acceptors (Lipinski definition) is 3. The predicted molar refractivity (Wildman–Crippen MR) is 63.1 cm³/mol. The average Bonchev–Trinajstić information content (AvgIpc) is 2.28. The van der Waals surface area contributed by atoms with E-state index < -0.39 is 12.0 Å². The zero-order valence-corrected chi connectivity index (χ0v) is 9.80. The number of rotatable bonds is 5. The highest BCUT2D eigenvalue weighted by molar-refractivity contribution is 5.77. The Morgan fingerprint density at radius 2 is 2.00 bits per heavy atom. The lowest BCUT2D eigenvalue weighted by Crippen LogP contribution is -2.35. The Kier molecular flexibility index (Phi) is 4.17. The molecule has 0 fully saturated rings. The van der Waals surface area contributed by atoms with Crippen molar-refractivity contribution in [3.63, 3.8) is 0 Å². The minimum Gasteiger partial charge on any atom is -0.494 e. The molecule has 0 aliphatic heterocycles. The average molecular weight is 223 g/mol. The van der Waals surface area contributed by atoms with Crippen molar-refractivity contribution in [2.45, 2.75) is 19.9 Å². The summed E-state index contributed by atoms with van der Waals surface area (Å²) in [6.45, 7) is 4.20. The van der Waals surface area contributed by atoms with Gasteiger partial charge in [0, 0.05) is 12.7 Å². The monoisotopic (exact) mass is 223 g/mol. The summed E-state index contributed by atoms with van der Waals surface area (Å²) < 4.78 is 5.31. The first-order valence-corrected chi connectivity index (χ1v) is 5.24. The Morgan fingerprint density at radius 1 is 1.44 bits per heavy atom. The van der Waals surface area contributed by atoms with Crippen LogP contribution in [0.2, 0.25) is 0 Å². The molecule has 0 heterocycles. The van der Waals surface area contributed by atoms with E-state index in [2.05, 4.69) is 0 Å². The number of anilines is 1. The molecule has 4 nitrogen and oxygen atoms in total. The van der Waals surface area contributed by atoms with Crippen molar-refractivity contribution < 1.29 is 14.6 Å². The topological polar surface area (TPSA) is 49.8 Å². The largest absolute Gasteiger partial charge is 0.494 e. The summed E-state index contributed by atoms with van der Waals surface area (Å²) in [5, 5.41) is 8.89. The molecule has 0 spiro atoms. The van der Waals surface area contributed by atoms with Crippen molar-refractivity contribution in [3.05, 3.63) is 24.3 Å². The van der Waals surface area contributed by atoms with E-state index in [-0.39, 0.29) is 0 Å². The summed E-state index contributed by atoms with van der Waals surface area (Å²) in [6.07, 6.45) is 0. The standard InChI is InChI=1S/C12H17NO3/c1-4-16-11-7-5-10(6-8-11)13(3)9(2)12(14)15/h5-9H,4H2,1-3H3,(H,14,15). The Morgan fingerprint density at radius 3 is 2.44 bits per heavy atom. The molecule has 4 heteroatoms. The highest BCUT2D eigenvalue weighted by Gasteiger charge is 2.16. The van der Waals surface area contributed by atoms with Gasteiger partial charge in [0.1, 0.15) is 11.8 Å². The van der Waals surface area contributed by atoms with E-state index in [0.717, 1.165) is 11.4 Å². The predicted octanol–water partition coefficient (Wildman–Crippen LogP) is 1.99. The normalized spacial score (nSPS) is 11.9. The summed E-state index contributed by atoms with van der Waals surface area (Å²) in [6, 6.07) is 6.83. The lowest BCUT2D eigenvalue weighted by molar-refractivity contribution is -0.138. The van der Waals surface area contributed by atoms with Gasteiger partial charge in [0.15, 0.2) is 0 Å². The van der Waals surface area contributed by atoms with Crippen molar-refractivity contribution in [2.24, 2.45) is 0 Å². The molecule has 1 rings (SSSR count). The second-order valence-corrected chi connectivity index (χ2v) is 3.55. The zero-order valence-electron chi connectivity index (χ0n) is 9.80. The Hall–Kier alpha value is -1.71. The molecule has 0 aliphatic carbocycles. The Balaban J connectivity index is 2.77. The van der Waals surface area contributed by atoms with Gasteiger partial charge in [-0.25, -0.2) is 4.79 Å². The first-order valence-electron chi connectivity index (χ1n) is 5.24. The van der Waals surface area contributed by atoms with Crippen LogP contribution in [0.4, 0.5) is 5.69 Å². The first kappa shape index (κ1) is 12.4. The van der Waals surface area contributed by atoms with E-state index in [9.17, 15) is 4.79 Å². The third-order valence-corrected chi connectivity index (χ3v) is 2.49.